The van der Waals surface area contributed by atoms with Crippen molar-refractivity contribution in [3.8, 4) is 0 Å². The molecule has 26 heavy (non-hydrogen) atoms. The zero-order chi connectivity index (χ0) is 18.9. The van der Waals surface area contributed by atoms with Crippen molar-refractivity contribution in [3.05, 3.63) is 45.3 Å². The van der Waals surface area contributed by atoms with E-state index in [0.717, 1.165) is 11.3 Å². The molecule has 1 aliphatic rings. The van der Waals surface area contributed by atoms with Gasteiger partial charge in [0, 0.05) is 15.6 Å². The third-order valence-corrected chi connectivity index (χ3v) is 5.01. The highest BCUT2D eigenvalue weighted by atomic mass is 35.5. The van der Waals surface area contributed by atoms with Gasteiger partial charge in [-0.15, -0.1) is 11.3 Å². The summed E-state index contributed by atoms with van der Waals surface area (Å²) >= 11 is 6.70. The maximum Gasteiger partial charge on any atom is 0.471 e. The fourth-order valence-corrected chi connectivity index (χ4v) is 3.77. The Kier molecular flexibility index (Phi) is 5.22. The number of nitrogens with one attached hydrogen (secondary N) is 2. The molecule has 0 unspecified atom stereocenters. The van der Waals surface area contributed by atoms with Crippen LogP contribution >= 0.6 is 22.9 Å². The summed E-state index contributed by atoms with van der Waals surface area (Å²) < 4.78 is 43.0. The summed E-state index contributed by atoms with van der Waals surface area (Å²) in [6.07, 6.45) is -4.68. The lowest BCUT2D eigenvalue weighted by atomic mass is 10.0. The smallest absolute Gasteiger partial charge is 0.376 e. The quantitative estimate of drug-likeness (QED) is 0.804. The van der Waals surface area contributed by atoms with Crippen LogP contribution in [0.15, 0.2) is 24.3 Å². The number of carbonyl (C=O) groups excluding carboxylic acids is 2. The van der Waals surface area contributed by atoms with Crippen LogP contribution in [0.1, 0.15) is 20.8 Å². The van der Waals surface area contributed by atoms with Gasteiger partial charge in [-0.3, -0.25) is 9.59 Å². The molecule has 0 saturated carbocycles. The average molecular weight is 405 g/mol. The highest BCUT2D eigenvalue weighted by molar-refractivity contribution is 7.17. The zero-order valence-electron chi connectivity index (χ0n) is 13.1. The van der Waals surface area contributed by atoms with Crippen molar-refractivity contribution in [2.24, 2.45) is 0 Å². The maximum atomic E-state index is 12.7. The first-order chi connectivity index (χ1) is 12.3. The van der Waals surface area contributed by atoms with Gasteiger partial charge in [-0.25, -0.2) is 0 Å². The van der Waals surface area contributed by atoms with Crippen molar-refractivity contribution in [3.63, 3.8) is 0 Å². The molecular weight excluding hydrogens is 393 g/mol. The average Bonchev–Trinajstić information content (AvgIpc) is 2.94. The second kappa shape index (κ2) is 7.26. The Labute approximate surface area is 155 Å². The number of halogens is 4. The Hall–Kier alpha value is -2.10. The molecule has 2 N–H and O–H groups in total. The van der Waals surface area contributed by atoms with E-state index in [4.69, 9.17) is 16.3 Å². The van der Waals surface area contributed by atoms with E-state index in [1.54, 1.807) is 29.6 Å². The first kappa shape index (κ1) is 18.7. The van der Waals surface area contributed by atoms with Crippen LogP contribution in [0.5, 0.6) is 0 Å². The summed E-state index contributed by atoms with van der Waals surface area (Å²) in [5, 5.41) is 4.74. The third kappa shape index (κ3) is 4.00. The van der Waals surface area contributed by atoms with Gasteiger partial charge in [0.05, 0.1) is 18.8 Å². The van der Waals surface area contributed by atoms with E-state index in [0.29, 0.717) is 34.2 Å². The van der Waals surface area contributed by atoms with Gasteiger partial charge in [0.2, 0.25) is 0 Å². The predicted octanol–water partition coefficient (Wildman–Crippen LogP) is 4.23. The molecule has 138 valence electrons. The molecular formula is C16H12ClF3N2O3S. The number of benzene rings is 1. The van der Waals surface area contributed by atoms with E-state index in [1.165, 1.54) is 0 Å². The zero-order valence-corrected chi connectivity index (χ0v) is 14.6. The van der Waals surface area contributed by atoms with Gasteiger partial charge in [0.15, 0.2) is 0 Å². The summed E-state index contributed by atoms with van der Waals surface area (Å²) in [6.45, 7) is 0.529. The van der Waals surface area contributed by atoms with E-state index in [-0.39, 0.29) is 17.2 Å². The topological polar surface area (TPSA) is 67.4 Å². The first-order valence-corrected chi connectivity index (χ1v) is 8.62. The van der Waals surface area contributed by atoms with Crippen LogP contribution in [0, 0.1) is 0 Å². The molecule has 0 atom stereocenters. The highest BCUT2D eigenvalue weighted by Gasteiger charge is 2.40. The van der Waals surface area contributed by atoms with E-state index in [9.17, 15) is 22.8 Å². The first-order valence-electron chi connectivity index (χ1n) is 7.43. The minimum Gasteiger partial charge on any atom is -0.376 e. The molecule has 1 aromatic carbocycles. The van der Waals surface area contributed by atoms with Crippen LogP contribution in [0.3, 0.4) is 0 Å². The number of alkyl halides is 3. The molecule has 0 saturated heterocycles. The Bertz CT molecular complexity index is 850. The molecule has 2 heterocycles. The highest BCUT2D eigenvalue weighted by Crippen LogP contribution is 2.37. The van der Waals surface area contributed by atoms with Gasteiger partial charge in [0.1, 0.15) is 5.00 Å². The fourth-order valence-electron chi connectivity index (χ4n) is 2.46. The number of fused-ring (bicyclic) bond motifs is 1. The number of thiophene rings is 1. The summed E-state index contributed by atoms with van der Waals surface area (Å²) in [6, 6.07) is 6.27. The van der Waals surface area contributed by atoms with Gasteiger partial charge in [0.25, 0.3) is 5.91 Å². The normalized spacial score (nSPS) is 13.8. The van der Waals surface area contributed by atoms with E-state index < -0.39 is 18.0 Å². The summed E-state index contributed by atoms with van der Waals surface area (Å²) in [5.74, 6) is -2.73. The second-order valence-electron chi connectivity index (χ2n) is 5.42. The number of carbonyl (C=O) groups is 2. The standard InChI is InChI=1S/C16H12ClF3N2O3S/c17-8-1-3-9(4-2-8)21-13(23)12-10-5-6-25-7-11(10)26-14(12)22-15(24)16(18,19)20/h1-4H,5-7H2,(H,21,23)(H,22,24). The lowest BCUT2D eigenvalue weighted by Gasteiger charge is -2.14. The Morgan fingerprint density at radius 1 is 1.15 bits per heavy atom. The summed E-state index contributed by atoms with van der Waals surface area (Å²) in [5.41, 5.74) is 1.05. The molecule has 0 radical (unpaired) electrons. The molecule has 3 rings (SSSR count). The second-order valence-corrected chi connectivity index (χ2v) is 6.97. The van der Waals surface area contributed by atoms with Gasteiger partial charge >= 0.3 is 12.1 Å². The number of rotatable bonds is 3. The summed E-state index contributed by atoms with van der Waals surface area (Å²) in [7, 11) is 0. The van der Waals surface area contributed by atoms with E-state index in [1.807, 2.05) is 0 Å². The monoisotopic (exact) mass is 404 g/mol. The van der Waals surface area contributed by atoms with Crippen LogP contribution in [-0.2, 0) is 22.6 Å². The number of anilines is 2. The number of hydrogen-bond donors (Lipinski definition) is 2. The van der Waals surface area contributed by atoms with E-state index in [2.05, 4.69) is 5.32 Å². The van der Waals surface area contributed by atoms with Gasteiger partial charge in [-0.2, -0.15) is 13.2 Å². The van der Waals surface area contributed by atoms with Crippen molar-refractivity contribution >= 4 is 45.4 Å². The number of amides is 2. The SMILES string of the molecule is O=C(Nc1ccc(Cl)cc1)c1c(NC(=O)C(F)(F)F)sc2c1CCOC2. The van der Waals surface area contributed by atoms with Gasteiger partial charge < -0.3 is 15.4 Å². The van der Waals surface area contributed by atoms with Crippen LogP contribution in [-0.4, -0.2) is 24.6 Å². The molecule has 2 amide bonds. The number of hydrogen-bond acceptors (Lipinski definition) is 4. The lowest BCUT2D eigenvalue weighted by Crippen LogP contribution is -2.30. The Morgan fingerprint density at radius 3 is 2.50 bits per heavy atom. The predicted molar refractivity (Wildman–Crippen MR) is 91.8 cm³/mol. The van der Waals surface area contributed by atoms with Crippen LogP contribution in [0.4, 0.5) is 23.9 Å². The molecule has 2 aromatic rings. The Morgan fingerprint density at radius 2 is 1.85 bits per heavy atom. The van der Waals surface area contributed by atoms with E-state index >= 15 is 0 Å². The molecule has 1 aliphatic heterocycles. The van der Waals surface area contributed by atoms with Gasteiger partial charge in [-0.05, 0) is 36.2 Å². The lowest BCUT2D eigenvalue weighted by molar-refractivity contribution is -0.167. The fraction of sp³-hybridized carbons (Fsp3) is 0.250. The molecule has 1 aromatic heterocycles. The Balaban J connectivity index is 1.93. The molecule has 5 nitrogen and oxygen atoms in total. The van der Waals surface area contributed by atoms with Crippen LogP contribution in [0.2, 0.25) is 5.02 Å². The van der Waals surface area contributed by atoms with Crippen LogP contribution in [0.25, 0.3) is 0 Å². The van der Waals surface area contributed by atoms with Crippen LogP contribution < -0.4 is 10.6 Å². The molecule has 0 aliphatic carbocycles. The van der Waals surface area contributed by atoms with Crippen molar-refractivity contribution in [1.82, 2.24) is 0 Å². The third-order valence-electron chi connectivity index (χ3n) is 3.63. The largest absolute Gasteiger partial charge is 0.471 e. The van der Waals surface area contributed by atoms with Crippen molar-refractivity contribution in [1.29, 1.82) is 0 Å². The molecule has 0 bridgehead atoms. The minimum absolute atomic E-state index is 0.0286. The van der Waals surface area contributed by atoms with Gasteiger partial charge in [-0.1, -0.05) is 11.6 Å². The summed E-state index contributed by atoms with van der Waals surface area (Å²) in [4.78, 5) is 24.6. The number of ether oxygens (including phenoxy) is 1. The van der Waals surface area contributed by atoms with Crippen molar-refractivity contribution < 1.29 is 27.5 Å². The molecule has 0 fully saturated rings. The maximum absolute atomic E-state index is 12.7. The van der Waals surface area contributed by atoms with Crippen molar-refractivity contribution in [2.75, 3.05) is 17.2 Å². The minimum atomic E-state index is -5.05. The van der Waals surface area contributed by atoms with Crippen molar-refractivity contribution in [2.45, 2.75) is 19.2 Å². The molecule has 0 spiro atoms. The molecule has 10 heteroatoms.